The molecular formula is C18H23ClN6O. The molecule has 0 aliphatic heterocycles. The number of likely N-dealkylation sites (N-methyl/N-ethyl adjacent to an activating group) is 1. The number of carbonyl (C=O) groups is 1. The summed E-state index contributed by atoms with van der Waals surface area (Å²) in [6.45, 7) is 5.17. The van der Waals surface area contributed by atoms with Gasteiger partial charge in [0.2, 0.25) is 0 Å². The third-order valence-electron chi connectivity index (χ3n) is 4.32. The van der Waals surface area contributed by atoms with Crippen molar-refractivity contribution >= 4 is 23.2 Å². The van der Waals surface area contributed by atoms with Crippen LogP contribution in [0.5, 0.6) is 0 Å². The van der Waals surface area contributed by atoms with Crippen molar-refractivity contribution in [1.82, 2.24) is 29.0 Å². The Morgan fingerprint density at radius 3 is 2.77 bits per heavy atom. The van der Waals surface area contributed by atoms with Crippen LogP contribution in [-0.2, 0) is 13.1 Å². The van der Waals surface area contributed by atoms with Gasteiger partial charge in [-0.15, -0.1) is 0 Å². The lowest BCUT2D eigenvalue weighted by Gasteiger charge is -2.21. The quantitative estimate of drug-likeness (QED) is 0.637. The maximum atomic E-state index is 12.6. The van der Waals surface area contributed by atoms with Crippen molar-refractivity contribution in [1.29, 1.82) is 0 Å². The topological polar surface area (TPSA) is 58.7 Å². The molecular weight excluding hydrogens is 352 g/mol. The number of fused-ring (bicyclic) bond motifs is 1. The third kappa shape index (κ3) is 3.89. The van der Waals surface area contributed by atoms with Gasteiger partial charge in [0.1, 0.15) is 5.65 Å². The zero-order chi connectivity index (χ0) is 18.7. The van der Waals surface area contributed by atoms with Crippen LogP contribution >= 0.6 is 11.6 Å². The molecule has 8 heteroatoms. The van der Waals surface area contributed by atoms with Crippen LogP contribution in [0.4, 0.5) is 0 Å². The zero-order valence-electron chi connectivity index (χ0n) is 15.3. The Kier molecular flexibility index (Phi) is 5.58. The maximum Gasteiger partial charge on any atom is 0.273 e. The molecule has 138 valence electrons. The largest absolute Gasteiger partial charge is 0.343 e. The van der Waals surface area contributed by atoms with Crippen LogP contribution in [0, 0.1) is 0 Å². The summed E-state index contributed by atoms with van der Waals surface area (Å²) in [4.78, 5) is 21.0. The van der Waals surface area contributed by atoms with E-state index in [-0.39, 0.29) is 5.91 Å². The van der Waals surface area contributed by atoms with Crippen molar-refractivity contribution in [2.75, 3.05) is 27.2 Å². The molecule has 3 aromatic heterocycles. The Labute approximate surface area is 157 Å². The molecule has 0 unspecified atom stereocenters. The van der Waals surface area contributed by atoms with E-state index in [4.69, 9.17) is 11.6 Å². The van der Waals surface area contributed by atoms with Crippen molar-refractivity contribution in [2.24, 2.45) is 0 Å². The molecule has 0 aliphatic carbocycles. The average molecular weight is 375 g/mol. The van der Waals surface area contributed by atoms with Crippen LogP contribution in [0.25, 0.3) is 5.65 Å². The summed E-state index contributed by atoms with van der Waals surface area (Å²) in [7, 11) is 3.47. The second kappa shape index (κ2) is 7.88. The van der Waals surface area contributed by atoms with Crippen LogP contribution in [0.3, 0.4) is 0 Å². The number of nitrogens with zero attached hydrogens (tertiary/aromatic N) is 6. The van der Waals surface area contributed by atoms with Gasteiger partial charge in [-0.3, -0.25) is 14.4 Å². The number of pyridine rings is 1. The summed E-state index contributed by atoms with van der Waals surface area (Å²) in [5.41, 5.74) is 2.04. The first-order chi connectivity index (χ1) is 12.5. The van der Waals surface area contributed by atoms with E-state index in [2.05, 4.69) is 21.9 Å². The summed E-state index contributed by atoms with van der Waals surface area (Å²) in [5, 5.41) is 4.85. The molecule has 26 heavy (non-hydrogen) atoms. The fraction of sp³-hybridized carbons (Fsp3) is 0.389. The van der Waals surface area contributed by atoms with Crippen LogP contribution in [0.1, 0.15) is 23.1 Å². The normalized spacial score (nSPS) is 11.4. The highest BCUT2D eigenvalue weighted by molar-refractivity contribution is 6.30. The molecule has 0 aliphatic rings. The summed E-state index contributed by atoms with van der Waals surface area (Å²) in [6.07, 6.45) is 5.53. The lowest BCUT2D eigenvalue weighted by molar-refractivity contribution is 0.0820. The molecule has 0 spiro atoms. The molecule has 1 amide bonds. The van der Waals surface area contributed by atoms with Crippen LogP contribution < -0.4 is 0 Å². The van der Waals surface area contributed by atoms with E-state index in [1.807, 2.05) is 33.6 Å². The van der Waals surface area contributed by atoms with Crippen molar-refractivity contribution in [2.45, 2.75) is 20.0 Å². The molecule has 0 fully saturated rings. The SMILES string of the molecule is CCN(CCn1cccn1)Cc1c(C(=O)N(C)C)nc2ccc(Cl)cn12. The van der Waals surface area contributed by atoms with Gasteiger partial charge in [-0.25, -0.2) is 4.98 Å². The van der Waals surface area contributed by atoms with Crippen molar-refractivity contribution in [3.8, 4) is 0 Å². The van der Waals surface area contributed by atoms with E-state index in [1.165, 1.54) is 0 Å². The third-order valence-corrected chi connectivity index (χ3v) is 4.54. The van der Waals surface area contributed by atoms with E-state index in [0.717, 1.165) is 31.0 Å². The smallest absolute Gasteiger partial charge is 0.273 e. The lowest BCUT2D eigenvalue weighted by atomic mass is 10.2. The Morgan fingerprint density at radius 1 is 1.31 bits per heavy atom. The number of hydrogen-bond acceptors (Lipinski definition) is 4. The average Bonchev–Trinajstić information content (AvgIpc) is 3.25. The number of carbonyl (C=O) groups excluding carboxylic acids is 1. The van der Waals surface area contributed by atoms with E-state index >= 15 is 0 Å². The minimum Gasteiger partial charge on any atom is -0.343 e. The minimum atomic E-state index is -0.108. The van der Waals surface area contributed by atoms with Gasteiger partial charge < -0.3 is 9.30 Å². The first-order valence-corrected chi connectivity index (χ1v) is 8.95. The van der Waals surface area contributed by atoms with Gasteiger partial charge in [0.25, 0.3) is 5.91 Å². The van der Waals surface area contributed by atoms with Gasteiger partial charge >= 0.3 is 0 Å². The van der Waals surface area contributed by atoms with Gasteiger partial charge in [0.15, 0.2) is 5.69 Å². The fourth-order valence-electron chi connectivity index (χ4n) is 2.84. The summed E-state index contributed by atoms with van der Waals surface area (Å²) in [6, 6.07) is 5.53. The molecule has 0 bridgehead atoms. The first kappa shape index (κ1) is 18.4. The highest BCUT2D eigenvalue weighted by Gasteiger charge is 2.22. The molecule has 0 N–H and O–H groups in total. The van der Waals surface area contributed by atoms with Crippen LogP contribution in [-0.4, -0.2) is 62.1 Å². The Balaban J connectivity index is 1.91. The summed E-state index contributed by atoms with van der Waals surface area (Å²) in [5.74, 6) is -0.108. The van der Waals surface area contributed by atoms with E-state index in [9.17, 15) is 4.79 Å². The zero-order valence-corrected chi connectivity index (χ0v) is 16.0. The fourth-order valence-corrected chi connectivity index (χ4v) is 3.00. The molecule has 0 radical (unpaired) electrons. The lowest BCUT2D eigenvalue weighted by Crippen LogP contribution is -2.30. The molecule has 0 atom stereocenters. The van der Waals surface area contributed by atoms with E-state index < -0.39 is 0 Å². The number of hydrogen-bond donors (Lipinski definition) is 0. The number of aromatic nitrogens is 4. The molecule has 7 nitrogen and oxygen atoms in total. The Hall–Kier alpha value is -2.38. The minimum absolute atomic E-state index is 0.108. The van der Waals surface area contributed by atoms with E-state index in [1.54, 1.807) is 31.3 Å². The number of imidazole rings is 1. The predicted octanol–water partition coefficient (Wildman–Crippen LogP) is 2.41. The predicted molar refractivity (Wildman–Crippen MR) is 101 cm³/mol. The van der Waals surface area contributed by atoms with Crippen molar-refractivity contribution in [3.63, 3.8) is 0 Å². The molecule has 3 heterocycles. The highest BCUT2D eigenvalue weighted by Crippen LogP contribution is 2.19. The van der Waals surface area contributed by atoms with Gasteiger partial charge in [-0.1, -0.05) is 18.5 Å². The van der Waals surface area contributed by atoms with Crippen molar-refractivity contribution < 1.29 is 4.79 Å². The van der Waals surface area contributed by atoms with Crippen LogP contribution in [0.2, 0.25) is 5.02 Å². The maximum absolute atomic E-state index is 12.6. The highest BCUT2D eigenvalue weighted by atomic mass is 35.5. The first-order valence-electron chi connectivity index (χ1n) is 8.57. The molecule has 3 rings (SSSR count). The Morgan fingerprint density at radius 2 is 2.12 bits per heavy atom. The summed E-state index contributed by atoms with van der Waals surface area (Å²) >= 11 is 6.17. The van der Waals surface area contributed by atoms with Crippen molar-refractivity contribution in [3.05, 3.63) is 53.2 Å². The second-order valence-electron chi connectivity index (χ2n) is 6.32. The number of halogens is 1. The van der Waals surface area contributed by atoms with Gasteiger partial charge in [0.05, 0.1) is 17.3 Å². The van der Waals surface area contributed by atoms with Gasteiger partial charge in [-0.2, -0.15) is 5.10 Å². The molecule has 0 saturated carbocycles. The van der Waals surface area contributed by atoms with Crippen LogP contribution in [0.15, 0.2) is 36.8 Å². The molecule has 0 saturated heterocycles. The van der Waals surface area contributed by atoms with Gasteiger partial charge in [-0.05, 0) is 24.7 Å². The second-order valence-corrected chi connectivity index (χ2v) is 6.76. The van der Waals surface area contributed by atoms with Gasteiger partial charge in [0, 0.05) is 45.8 Å². The number of amides is 1. The molecule has 3 aromatic rings. The summed E-state index contributed by atoms with van der Waals surface area (Å²) < 4.78 is 3.82. The monoisotopic (exact) mass is 374 g/mol. The molecule has 0 aromatic carbocycles. The number of rotatable bonds is 7. The van der Waals surface area contributed by atoms with E-state index in [0.29, 0.717) is 17.3 Å². The standard InChI is InChI=1S/C18H23ClN6O/c1-4-23(10-11-24-9-5-8-20-24)13-15-17(18(26)22(2)3)21-16-7-6-14(19)12-25(15)16/h5-9,12H,4,10-11,13H2,1-3H3. The Bertz CT molecular complexity index is 887.